The number of rotatable bonds is 4. The summed E-state index contributed by atoms with van der Waals surface area (Å²) < 4.78 is 5.07. The van der Waals surface area contributed by atoms with Crippen molar-refractivity contribution < 1.29 is 19.4 Å². The molecule has 1 aromatic carbocycles. The van der Waals surface area contributed by atoms with E-state index in [1.165, 1.54) is 43.2 Å². The van der Waals surface area contributed by atoms with Gasteiger partial charge < -0.3 is 15.2 Å². The van der Waals surface area contributed by atoms with Crippen LogP contribution in [0.3, 0.4) is 0 Å². The van der Waals surface area contributed by atoms with Gasteiger partial charge in [0.05, 0.1) is 22.6 Å². The average molecular weight is 389 g/mol. The number of carbonyl (C=O) groups excluding carboxylic acids is 2. The number of amidine groups is 1. The Balaban J connectivity index is 1.84. The molecule has 0 unspecified atom stereocenters. The minimum absolute atomic E-state index is 0.0286. The largest absolute Gasteiger partial charge is 0.504 e. The van der Waals surface area contributed by atoms with Crippen molar-refractivity contribution in [3.63, 3.8) is 0 Å². The van der Waals surface area contributed by atoms with E-state index in [9.17, 15) is 14.7 Å². The Hall–Kier alpha value is -2.65. The molecule has 0 saturated carbocycles. The molecule has 0 aliphatic carbocycles. The molecule has 134 valence electrons. The van der Waals surface area contributed by atoms with E-state index in [2.05, 4.69) is 15.3 Å². The SMILES string of the molecule is COc1cc(/C=C2\SC(=Nc3nc(C)c(C(C)=O)s3)NC2=O)ccc1O. The Labute approximate surface area is 157 Å². The lowest BCUT2D eigenvalue weighted by atomic mass is 10.2. The van der Waals surface area contributed by atoms with Gasteiger partial charge >= 0.3 is 0 Å². The minimum Gasteiger partial charge on any atom is -0.504 e. The van der Waals surface area contributed by atoms with Gasteiger partial charge in [-0.05, 0) is 42.5 Å². The number of aromatic nitrogens is 1. The number of aliphatic imine (C=N–C) groups is 1. The molecule has 7 nitrogen and oxygen atoms in total. The van der Waals surface area contributed by atoms with Crippen molar-refractivity contribution in [3.05, 3.63) is 39.2 Å². The van der Waals surface area contributed by atoms with Crippen LogP contribution >= 0.6 is 23.1 Å². The van der Waals surface area contributed by atoms with Crippen LogP contribution < -0.4 is 10.1 Å². The number of benzene rings is 1. The van der Waals surface area contributed by atoms with Crippen molar-refractivity contribution in [1.29, 1.82) is 0 Å². The maximum atomic E-state index is 12.1. The van der Waals surface area contributed by atoms with Crippen LogP contribution in [0.4, 0.5) is 5.13 Å². The van der Waals surface area contributed by atoms with Gasteiger partial charge in [0.25, 0.3) is 5.91 Å². The van der Waals surface area contributed by atoms with E-state index in [0.717, 1.165) is 0 Å². The first-order valence-electron chi connectivity index (χ1n) is 7.52. The third-order valence-electron chi connectivity index (χ3n) is 3.45. The van der Waals surface area contributed by atoms with Crippen LogP contribution in [0.5, 0.6) is 11.5 Å². The summed E-state index contributed by atoms with van der Waals surface area (Å²) in [4.78, 5) is 33.2. The number of methoxy groups -OCH3 is 1. The number of phenols is 1. The van der Waals surface area contributed by atoms with Crippen molar-refractivity contribution in [3.8, 4) is 11.5 Å². The molecule has 1 aliphatic heterocycles. The molecule has 1 aliphatic rings. The summed E-state index contributed by atoms with van der Waals surface area (Å²) in [6.07, 6.45) is 1.68. The lowest BCUT2D eigenvalue weighted by Gasteiger charge is -2.03. The molecule has 2 heterocycles. The molecule has 0 bridgehead atoms. The van der Waals surface area contributed by atoms with Gasteiger partial charge in [0.2, 0.25) is 5.13 Å². The quantitative estimate of drug-likeness (QED) is 0.615. The highest BCUT2D eigenvalue weighted by Gasteiger charge is 2.24. The second-order valence-corrected chi connectivity index (χ2v) is 7.39. The van der Waals surface area contributed by atoms with Gasteiger partial charge in [0.1, 0.15) is 0 Å². The zero-order chi connectivity index (χ0) is 18.8. The number of ether oxygens (including phenoxy) is 1. The number of thiazole rings is 1. The van der Waals surface area contributed by atoms with Gasteiger partial charge in [-0.25, -0.2) is 4.98 Å². The van der Waals surface area contributed by atoms with E-state index in [-0.39, 0.29) is 17.4 Å². The molecule has 1 amide bonds. The number of nitrogens with zero attached hydrogens (tertiary/aromatic N) is 2. The second-order valence-electron chi connectivity index (χ2n) is 5.38. The van der Waals surface area contributed by atoms with Crippen LogP contribution in [0.15, 0.2) is 28.1 Å². The highest BCUT2D eigenvalue weighted by atomic mass is 32.2. The maximum Gasteiger partial charge on any atom is 0.264 e. The van der Waals surface area contributed by atoms with E-state index in [1.807, 2.05) is 0 Å². The molecule has 1 fully saturated rings. The molecule has 1 aromatic heterocycles. The topological polar surface area (TPSA) is 101 Å². The summed E-state index contributed by atoms with van der Waals surface area (Å²) in [5.74, 6) is 0.0183. The lowest BCUT2D eigenvalue weighted by molar-refractivity contribution is -0.115. The Kier molecular flexibility index (Phi) is 5.10. The van der Waals surface area contributed by atoms with Crippen LogP contribution in [0, 0.1) is 6.92 Å². The van der Waals surface area contributed by atoms with Crippen LogP contribution in [0.1, 0.15) is 27.9 Å². The predicted octanol–water partition coefficient (Wildman–Crippen LogP) is 3.26. The number of amides is 1. The summed E-state index contributed by atoms with van der Waals surface area (Å²) in [6.45, 7) is 3.23. The van der Waals surface area contributed by atoms with Crippen molar-refractivity contribution in [2.24, 2.45) is 4.99 Å². The van der Waals surface area contributed by atoms with Gasteiger partial charge in [-0.1, -0.05) is 17.4 Å². The lowest BCUT2D eigenvalue weighted by Crippen LogP contribution is -2.19. The van der Waals surface area contributed by atoms with Crippen molar-refractivity contribution in [2.45, 2.75) is 13.8 Å². The van der Waals surface area contributed by atoms with E-state index in [4.69, 9.17) is 4.74 Å². The first-order chi connectivity index (χ1) is 12.4. The molecule has 26 heavy (non-hydrogen) atoms. The number of aryl methyl sites for hydroxylation is 1. The smallest absolute Gasteiger partial charge is 0.264 e. The molecule has 1 saturated heterocycles. The number of Topliss-reactive ketones (excluding diaryl/α,β-unsaturated/α-hetero) is 1. The number of hydrogen-bond acceptors (Lipinski definition) is 8. The van der Waals surface area contributed by atoms with Crippen molar-refractivity contribution in [1.82, 2.24) is 10.3 Å². The summed E-state index contributed by atoms with van der Waals surface area (Å²) in [6, 6.07) is 4.81. The molecule has 3 rings (SSSR count). The third kappa shape index (κ3) is 3.78. The number of aromatic hydroxyl groups is 1. The predicted molar refractivity (Wildman–Crippen MR) is 102 cm³/mol. The summed E-state index contributed by atoms with van der Waals surface area (Å²) in [5.41, 5.74) is 1.34. The van der Waals surface area contributed by atoms with Gasteiger partial charge in [0, 0.05) is 6.92 Å². The summed E-state index contributed by atoms with van der Waals surface area (Å²) in [7, 11) is 1.46. The molecular formula is C17H15N3O4S2. The fourth-order valence-corrected chi connectivity index (χ4v) is 3.98. The van der Waals surface area contributed by atoms with Gasteiger partial charge in [-0.2, -0.15) is 4.99 Å². The van der Waals surface area contributed by atoms with Gasteiger partial charge in [0.15, 0.2) is 22.4 Å². The number of hydrogen-bond donors (Lipinski definition) is 2. The molecule has 0 atom stereocenters. The average Bonchev–Trinajstić information content (AvgIpc) is 3.12. The fraction of sp³-hybridized carbons (Fsp3) is 0.176. The van der Waals surface area contributed by atoms with E-state index in [1.54, 1.807) is 25.1 Å². The monoisotopic (exact) mass is 389 g/mol. The van der Waals surface area contributed by atoms with Crippen LogP contribution in [0.2, 0.25) is 0 Å². The molecule has 0 spiro atoms. The Morgan fingerprint density at radius 2 is 2.19 bits per heavy atom. The fourth-order valence-electron chi connectivity index (χ4n) is 2.26. The van der Waals surface area contributed by atoms with Gasteiger partial charge in [-0.15, -0.1) is 0 Å². The van der Waals surface area contributed by atoms with Crippen molar-refractivity contribution >= 4 is 51.2 Å². The molecule has 9 heteroatoms. The normalized spacial score (nSPS) is 17.0. The molecule has 0 radical (unpaired) electrons. The Morgan fingerprint density at radius 3 is 2.85 bits per heavy atom. The van der Waals surface area contributed by atoms with E-state index in [0.29, 0.717) is 37.1 Å². The molecule has 2 aromatic rings. The molecule has 2 N–H and O–H groups in total. The number of thioether (sulfide) groups is 1. The second kappa shape index (κ2) is 7.30. The number of ketones is 1. The number of nitrogens with one attached hydrogen (secondary N) is 1. The first-order valence-corrected chi connectivity index (χ1v) is 9.15. The van der Waals surface area contributed by atoms with Crippen LogP contribution in [-0.4, -0.2) is 34.1 Å². The van der Waals surface area contributed by atoms with Crippen molar-refractivity contribution in [2.75, 3.05) is 7.11 Å². The zero-order valence-electron chi connectivity index (χ0n) is 14.2. The first kappa shape index (κ1) is 18.2. The van der Waals surface area contributed by atoms with Crippen LogP contribution in [-0.2, 0) is 4.79 Å². The highest BCUT2D eigenvalue weighted by Crippen LogP contribution is 2.32. The third-order valence-corrected chi connectivity index (χ3v) is 5.52. The standard InChI is InChI=1S/C17H15N3O4S2/c1-8-14(9(2)21)26-16(18-8)20-17-19-15(23)13(25-17)7-10-4-5-11(22)12(6-10)24-3/h4-7,22H,1-3H3,(H,18,19,20,23)/b13-7-. The number of carbonyl (C=O) groups is 2. The number of phenolic OH excluding ortho intramolecular Hbond substituents is 1. The maximum absolute atomic E-state index is 12.1. The summed E-state index contributed by atoms with van der Waals surface area (Å²) in [5, 5.41) is 13.1. The zero-order valence-corrected chi connectivity index (χ0v) is 15.8. The van der Waals surface area contributed by atoms with Gasteiger partial charge in [-0.3, -0.25) is 9.59 Å². The van der Waals surface area contributed by atoms with Crippen LogP contribution in [0.25, 0.3) is 6.08 Å². The Morgan fingerprint density at radius 1 is 1.42 bits per heavy atom. The highest BCUT2D eigenvalue weighted by molar-refractivity contribution is 8.18. The Bertz CT molecular complexity index is 963. The van der Waals surface area contributed by atoms with E-state index < -0.39 is 0 Å². The summed E-state index contributed by atoms with van der Waals surface area (Å²) >= 11 is 2.37. The van der Waals surface area contributed by atoms with E-state index >= 15 is 0 Å². The molecular weight excluding hydrogens is 374 g/mol. The minimum atomic E-state index is -0.277.